The largest absolute Gasteiger partial charge is 0.444 e. The van der Waals surface area contributed by atoms with E-state index in [4.69, 9.17) is 21.1 Å². The van der Waals surface area contributed by atoms with Gasteiger partial charge in [-0.3, -0.25) is 4.79 Å². The summed E-state index contributed by atoms with van der Waals surface area (Å²) in [5, 5.41) is 4.82. The second-order valence-corrected chi connectivity index (χ2v) is 11.4. The van der Waals surface area contributed by atoms with Crippen LogP contribution < -0.4 is 5.32 Å². The van der Waals surface area contributed by atoms with E-state index in [9.17, 15) is 9.59 Å². The molecular formula is C27H38ClN3O4. The summed E-state index contributed by atoms with van der Waals surface area (Å²) in [5.74, 6) is 0.772. The van der Waals surface area contributed by atoms with Crippen LogP contribution in [0.15, 0.2) is 24.4 Å². The average Bonchev–Trinajstić information content (AvgIpc) is 3.48. The van der Waals surface area contributed by atoms with E-state index in [2.05, 4.69) is 10.3 Å². The van der Waals surface area contributed by atoms with E-state index in [1.807, 2.05) is 39.0 Å². The highest BCUT2D eigenvalue weighted by Crippen LogP contribution is 2.29. The van der Waals surface area contributed by atoms with Gasteiger partial charge in [0.25, 0.3) is 5.91 Å². The number of benzene rings is 1. The number of H-pyrrole nitrogens is 1. The van der Waals surface area contributed by atoms with Crippen LogP contribution >= 0.6 is 11.6 Å². The summed E-state index contributed by atoms with van der Waals surface area (Å²) in [4.78, 5) is 30.3. The van der Waals surface area contributed by atoms with Gasteiger partial charge >= 0.3 is 6.09 Å². The van der Waals surface area contributed by atoms with Gasteiger partial charge in [0.2, 0.25) is 0 Å². The van der Waals surface area contributed by atoms with E-state index in [-0.39, 0.29) is 18.0 Å². The first-order valence-electron chi connectivity index (χ1n) is 12.8. The van der Waals surface area contributed by atoms with Crippen LogP contribution in [0.4, 0.5) is 4.79 Å². The van der Waals surface area contributed by atoms with Gasteiger partial charge in [0.1, 0.15) is 5.60 Å². The molecular weight excluding hydrogens is 466 g/mol. The fourth-order valence-corrected chi connectivity index (χ4v) is 5.33. The lowest BCUT2D eigenvalue weighted by molar-refractivity contribution is 0.00926. The number of piperidine rings is 1. The number of ether oxygens (including phenoxy) is 2. The zero-order valence-electron chi connectivity index (χ0n) is 21.1. The van der Waals surface area contributed by atoms with Crippen LogP contribution in [0.1, 0.15) is 69.7 Å². The summed E-state index contributed by atoms with van der Waals surface area (Å²) in [5.41, 5.74) is 0.999. The second kappa shape index (κ2) is 11.2. The minimum atomic E-state index is -0.475. The number of nitrogens with one attached hydrogen (secondary N) is 2. The third-order valence-corrected chi connectivity index (χ3v) is 7.41. The standard InChI is InChI=1S/C27H38ClN3O4/c1-27(2,3)35-26(33)31-12-10-18(11-13-31)16-34-17-24(19-6-4-5-7-19)30-25(32)20-8-9-21-22(28)15-29-23(21)14-20/h8-9,14-15,18-19,24,29H,4-7,10-13,16-17H2,1-3H3,(H,30,32). The molecule has 8 heteroatoms. The molecule has 192 valence electrons. The molecule has 2 aliphatic rings. The van der Waals surface area contributed by atoms with Crippen molar-refractivity contribution in [1.82, 2.24) is 15.2 Å². The van der Waals surface area contributed by atoms with E-state index in [0.29, 0.717) is 48.7 Å². The Labute approximate surface area is 212 Å². The van der Waals surface area contributed by atoms with Gasteiger partial charge in [0.05, 0.1) is 17.7 Å². The predicted octanol–water partition coefficient (Wildman–Crippen LogP) is 5.77. The molecule has 0 radical (unpaired) electrons. The Bertz CT molecular complexity index is 1020. The number of nitrogens with zero attached hydrogens (tertiary/aromatic N) is 1. The van der Waals surface area contributed by atoms with E-state index in [1.165, 1.54) is 12.8 Å². The fourth-order valence-electron chi connectivity index (χ4n) is 5.11. The number of rotatable bonds is 7. The van der Waals surface area contributed by atoms with Gasteiger partial charge in [0.15, 0.2) is 0 Å². The number of aromatic amines is 1. The summed E-state index contributed by atoms with van der Waals surface area (Å²) in [6, 6.07) is 5.55. The topological polar surface area (TPSA) is 83.7 Å². The number of likely N-dealkylation sites (tertiary alicyclic amines) is 1. The number of hydrogen-bond donors (Lipinski definition) is 2. The summed E-state index contributed by atoms with van der Waals surface area (Å²) in [6.07, 6.45) is 7.94. The molecule has 0 bridgehead atoms. The highest BCUT2D eigenvalue weighted by molar-refractivity contribution is 6.35. The lowest BCUT2D eigenvalue weighted by Gasteiger charge is -2.33. The zero-order valence-corrected chi connectivity index (χ0v) is 21.8. The van der Waals surface area contributed by atoms with Gasteiger partial charge in [-0.1, -0.05) is 30.5 Å². The van der Waals surface area contributed by atoms with Crippen molar-refractivity contribution in [2.75, 3.05) is 26.3 Å². The molecule has 1 unspecified atom stereocenters. The van der Waals surface area contributed by atoms with Crippen molar-refractivity contribution in [2.24, 2.45) is 11.8 Å². The van der Waals surface area contributed by atoms with Crippen molar-refractivity contribution in [1.29, 1.82) is 0 Å². The molecule has 0 spiro atoms. The molecule has 35 heavy (non-hydrogen) atoms. The van der Waals surface area contributed by atoms with Crippen LogP contribution in [-0.4, -0.2) is 59.8 Å². The van der Waals surface area contributed by atoms with Gasteiger partial charge in [-0.25, -0.2) is 4.79 Å². The van der Waals surface area contributed by atoms with Crippen LogP contribution in [0.2, 0.25) is 5.02 Å². The summed E-state index contributed by atoms with van der Waals surface area (Å²) in [7, 11) is 0. The minimum Gasteiger partial charge on any atom is -0.444 e. The number of amides is 2. The molecule has 7 nitrogen and oxygen atoms in total. The maximum Gasteiger partial charge on any atom is 0.410 e. The van der Waals surface area contributed by atoms with E-state index in [1.54, 1.807) is 11.1 Å². The molecule has 2 N–H and O–H groups in total. The molecule has 1 saturated heterocycles. The van der Waals surface area contributed by atoms with Gasteiger partial charge in [-0.05, 0) is 70.4 Å². The van der Waals surface area contributed by atoms with Gasteiger partial charge in [-0.2, -0.15) is 0 Å². The van der Waals surface area contributed by atoms with Crippen molar-refractivity contribution >= 4 is 34.5 Å². The molecule has 1 aliphatic heterocycles. The zero-order chi connectivity index (χ0) is 25.0. The smallest absolute Gasteiger partial charge is 0.410 e. The number of fused-ring (bicyclic) bond motifs is 1. The molecule has 2 fully saturated rings. The number of halogens is 1. The third-order valence-electron chi connectivity index (χ3n) is 7.10. The summed E-state index contributed by atoms with van der Waals surface area (Å²) < 4.78 is 11.6. The monoisotopic (exact) mass is 503 g/mol. The van der Waals surface area contributed by atoms with Crippen molar-refractivity contribution in [3.63, 3.8) is 0 Å². The lowest BCUT2D eigenvalue weighted by atomic mass is 9.97. The number of hydrogen-bond acceptors (Lipinski definition) is 4. The van der Waals surface area contributed by atoms with Gasteiger partial charge < -0.3 is 24.7 Å². The highest BCUT2D eigenvalue weighted by Gasteiger charge is 2.29. The average molecular weight is 504 g/mol. The van der Waals surface area contributed by atoms with Gasteiger partial charge in [-0.15, -0.1) is 0 Å². The molecule has 4 rings (SSSR count). The van der Waals surface area contributed by atoms with Crippen molar-refractivity contribution in [3.05, 3.63) is 35.0 Å². The van der Waals surface area contributed by atoms with E-state index in [0.717, 1.165) is 36.6 Å². The predicted molar refractivity (Wildman–Crippen MR) is 138 cm³/mol. The Balaban J connectivity index is 1.27. The minimum absolute atomic E-state index is 0.00483. The van der Waals surface area contributed by atoms with Crippen molar-refractivity contribution in [2.45, 2.75) is 70.9 Å². The second-order valence-electron chi connectivity index (χ2n) is 11.0. The molecule has 1 aliphatic carbocycles. The molecule has 1 aromatic heterocycles. The first-order chi connectivity index (χ1) is 16.7. The van der Waals surface area contributed by atoms with Gasteiger partial charge in [0, 0.05) is 42.4 Å². The SMILES string of the molecule is CC(C)(C)OC(=O)N1CCC(COCC(NC(=O)c2ccc3c(Cl)c[nH]c3c2)C2CCCC2)CC1. The first-order valence-corrected chi connectivity index (χ1v) is 13.2. The first kappa shape index (κ1) is 25.8. The normalized spacial score (nSPS) is 18.7. The quantitative estimate of drug-likeness (QED) is 0.502. The maximum absolute atomic E-state index is 13.1. The van der Waals surface area contributed by atoms with Crippen LogP contribution in [0, 0.1) is 11.8 Å². The van der Waals surface area contributed by atoms with Crippen LogP contribution in [0.5, 0.6) is 0 Å². The Morgan fingerprint density at radius 3 is 2.57 bits per heavy atom. The van der Waals surface area contributed by atoms with E-state index < -0.39 is 5.60 Å². The Hall–Kier alpha value is -2.25. The molecule has 1 saturated carbocycles. The number of carbonyl (C=O) groups is 2. The third kappa shape index (κ3) is 6.91. The molecule has 2 heterocycles. The fraction of sp³-hybridized carbons (Fsp3) is 0.630. The Morgan fingerprint density at radius 1 is 1.17 bits per heavy atom. The maximum atomic E-state index is 13.1. The summed E-state index contributed by atoms with van der Waals surface area (Å²) >= 11 is 6.17. The summed E-state index contributed by atoms with van der Waals surface area (Å²) in [6.45, 7) is 8.21. The van der Waals surface area contributed by atoms with Crippen LogP contribution in [0.3, 0.4) is 0 Å². The lowest BCUT2D eigenvalue weighted by Crippen LogP contribution is -2.44. The number of aromatic nitrogens is 1. The van der Waals surface area contributed by atoms with E-state index >= 15 is 0 Å². The highest BCUT2D eigenvalue weighted by atomic mass is 35.5. The van der Waals surface area contributed by atoms with Crippen LogP contribution in [0.25, 0.3) is 10.9 Å². The van der Waals surface area contributed by atoms with Crippen LogP contribution in [-0.2, 0) is 9.47 Å². The Morgan fingerprint density at radius 2 is 1.89 bits per heavy atom. The molecule has 1 atom stereocenters. The Kier molecular flexibility index (Phi) is 8.27. The molecule has 1 aromatic carbocycles. The molecule has 2 aromatic rings. The van der Waals surface area contributed by atoms with Crippen molar-refractivity contribution < 1.29 is 19.1 Å². The number of carbonyl (C=O) groups excluding carboxylic acids is 2. The molecule has 2 amide bonds. The van der Waals surface area contributed by atoms with Crippen molar-refractivity contribution in [3.8, 4) is 0 Å².